The molecule has 0 spiro atoms. The van der Waals surface area contributed by atoms with Gasteiger partial charge in [-0.25, -0.2) is 0 Å². The Morgan fingerprint density at radius 2 is 2.00 bits per heavy atom. The highest BCUT2D eigenvalue weighted by Gasteiger charge is 2.24. The van der Waals surface area contributed by atoms with E-state index in [1.54, 1.807) is 5.38 Å². The lowest BCUT2D eigenvalue weighted by Gasteiger charge is -2.18. The number of rotatable bonds is 5. The Labute approximate surface area is 155 Å². The van der Waals surface area contributed by atoms with E-state index in [1.165, 1.54) is 11.3 Å². The number of benzene rings is 1. The van der Waals surface area contributed by atoms with E-state index in [0.717, 1.165) is 24.1 Å². The van der Waals surface area contributed by atoms with Crippen molar-refractivity contribution in [2.75, 3.05) is 19.8 Å². The molecule has 4 rings (SSSR count). The number of likely N-dealkylation sites (tertiary alicyclic amines) is 1. The quantitative estimate of drug-likeness (QED) is 0.876. The van der Waals surface area contributed by atoms with E-state index in [1.807, 2.05) is 29.2 Å². The van der Waals surface area contributed by atoms with E-state index >= 15 is 0 Å². The molecule has 1 aromatic carbocycles. The van der Waals surface area contributed by atoms with Gasteiger partial charge in [-0.15, -0.1) is 11.3 Å². The lowest BCUT2D eigenvalue weighted by Crippen LogP contribution is -2.27. The van der Waals surface area contributed by atoms with Gasteiger partial charge in [-0.3, -0.25) is 9.59 Å². The molecule has 2 amide bonds. The number of thiophene rings is 1. The molecule has 3 heterocycles. The number of amides is 2. The van der Waals surface area contributed by atoms with Crippen molar-refractivity contribution in [2.45, 2.75) is 25.9 Å². The van der Waals surface area contributed by atoms with Crippen molar-refractivity contribution in [1.82, 2.24) is 10.2 Å². The molecule has 1 aromatic heterocycles. The van der Waals surface area contributed by atoms with Gasteiger partial charge in [0.05, 0.1) is 0 Å². The maximum Gasteiger partial charge on any atom is 0.265 e. The minimum atomic E-state index is -0.172. The lowest BCUT2D eigenvalue weighted by atomic mass is 10.1. The molecule has 136 valence electrons. The summed E-state index contributed by atoms with van der Waals surface area (Å²) in [5.41, 5.74) is 2.08. The van der Waals surface area contributed by atoms with Crippen molar-refractivity contribution in [3.05, 3.63) is 45.6 Å². The summed E-state index contributed by atoms with van der Waals surface area (Å²) in [5.74, 6) is 1.20. The molecule has 2 aliphatic heterocycles. The van der Waals surface area contributed by atoms with Gasteiger partial charge in [-0.1, -0.05) is 24.3 Å². The van der Waals surface area contributed by atoms with Gasteiger partial charge in [0.25, 0.3) is 5.91 Å². The second-order valence-corrected chi connectivity index (χ2v) is 7.21. The number of ether oxygens (including phenoxy) is 2. The highest BCUT2D eigenvalue weighted by molar-refractivity contribution is 7.12. The molecular formula is C19H20N2O4S. The van der Waals surface area contributed by atoms with Gasteiger partial charge in [0.1, 0.15) is 18.1 Å². The molecule has 1 N–H and O–H groups in total. The largest absolute Gasteiger partial charge is 0.485 e. The van der Waals surface area contributed by atoms with Gasteiger partial charge >= 0.3 is 0 Å². The van der Waals surface area contributed by atoms with Crippen LogP contribution >= 0.6 is 11.3 Å². The van der Waals surface area contributed by atoms with Crippen LogP contribution in [0.2, 0.25) is 0 Å². The van der Waals surface area contributed by atoms with Gasteiger partial charge < -0.3 is 19.7 Å². The van der Waals surface area contributed by atoms with Crippen molar-refractivity contribution in [2.24, 2.45) is 0 Å². The molecular weight excluding hydrogens is 352 g/mol. The van der Waals surface area contributed by atoms with Crippen molar-refractivity contribution < 1.29 is 19.1 Å². The first kappa shape index (κ1) is 16.9. The van der Waals surface area contributed by atoms with Gasteiger partial charge in [-0.05, 0) is 17.5 Å². The van der Waals surface area contributed by atoms with E-state index in [9.17, 15) is 9.59 Å². The first-order valence-electron chi connectivity index (χ1n) is 8.72. The van der Waals surface area contributed by atoms with E-state index in [-0.39, 0.29) is 11.8 Å². The van der Waals surface area contributed by atoms with E-state index < -0.39 is 0 Å². The van der Waals surface area contributed by atoms with Gasteiger partial charge in [-0.2, -0.15) is 0 Å². The highest BCUT2D eigenvalue weighted by atomic mass is 32.1. The van der Waals surface area contributed by atoms with Gasteiger partial charge in [0.2, 0.25) is 5.91 Å². The number of carbonyl (C=O) groups is 2. The van der Waals surface area contributed by atoms with E-state index in [2.05, 4.69) is 5.32 Å². The first-order valence-corrected chi connectivity index (χ1v) is 9.60. The summed E-state index contributed by atoms with van der Waals surface area (Å²) in [5, 5.41) is 4.76. The Hall–Kier alpha value is -2.54. The zero-order chi connectivity index (χ0) is 17.9. The van der Waals surface area contributed by atoms with E-state index in [0.29, 0.717) is 49.1 Å². The predicted octanol–water partition coefficient (Wildman–Crippen LogP) is 2.57. The van der Waals surface area contributed by atoms with Crippen molar-refractivity contribution in [3.8, 4) is 11.5 Å². The van der Waals surface area contributed by atoms with Crippen molar-refractivity contribution in [3.63, 3.8) is 0 Å². The summed E-state index contributed by atoms with van der Waals surface area (Å²) in [6.07, 6.45) is 1.55. The average molecular weight is 372 g/mol. The monoisotopic (exact) mass is 372 g/mol. The summed E-state index contributed by atoms with van der Waals surface area (Å²) >= 11 is 1.32. The molecule has 0 atom stereocenters. The molecule has 0 aliphatic carbocycles. The Bertz CT molecular complexity index is 833. The summed E-state index contributed by atoms with van der Waals surface area (Å²) in [6.45, 7) is 2.77. The van der Waals surface area contributed by atoms with Crippen LogP contribution in [0.5, 0.6) is 11.5 Å². The lowest BCUT2D eigenvalue weighted by molar-refractivity contribution is -0.128. The van der Waals surface area contributed by atoms with Crippen molar-refractivity contribution >= 4 is 23.2 Å². The smallest absolute Gasteiger partial charge is 0.265 e. The molecule has 7 heteroatoms. The molecule has 0 bridgehead atoms. The Morgan fingerprint density at radius 1 is 1.19 bits per heavy atom. The molecule has 0 saturated carbocycles. The maximum absolute atomic E-state index is 12.6. The molecule has 1 fully saturated rings. The zero-order valence-corrected chi connectivity index (χ0v) is 15.1. The Balaban J connectivity index is 1.44. The third kappa shape index (κ3) is 3.39. The molecule has 6 nitrogen and oxygen atoms in total. The third-order valence-corrected chi connectivity index (χ3v) is 5.54. The van der Waals surface area contributed by atoms with Gasteiger partial charge in [0, 0.05) is 31.4 Å². The average Bonchev–Trinajstić information content (AvgIpc) is 3.27. The molecule has 1 saturated heterocycles. The van der Waals surface area contributed by atoms with Crippen LogP contribution in [0, 0.1) is 0 Å². The van der Waals surface area contributed by atoms with Crippen LogP contribution in [-0.4, -0.2) is 36.5 Å². The maximum atomic E-state index is 12.6. The molecule has 0 unspecified atom stereocenters. The molecule has 2 aliphatic rings. The number of nitrogens with zero attached hydrogens (tertiary/aromatic N) is 1. The van der Waals surface area contributed by atoms with Crippen LogP contribution in [0.1, 0.15) is 33.6 Å². The third-order valence-electron chi connectivity index (χ3n) is 4.60. The highest BCUT2D eigenvalue weighted by Crippen LogP contribution is 2.39. The molecule has 26 heavy (non-hydrogen) atoms. The second kappa shape index (κ2) is 7.37. The molecule has 0 radical (unpaired) electrons. The Kier molecular flexibility index (Phi) is 4.79. The fourth-order valence-corrected chi connectivity index (χ4v) is 4.08. The topological polar surface area (TPSA) is 67.9 Å². The Morgan fingerprint density at radius 3 is 2.81 bits per heavy atom. The SMILES string of the molecule is O=C(NCc1ccccc1CN1CCCC1=O)c1scc2c1OCCO2. The number of carbonyl (C=O) groups excluding carboxylic acids is 2. The second-order valence-electron chi connectivity index (χ2n) is 6.33. The van der Waals surface area contributed by atoms with Crippen LogP contribution in [0.3, 0.4) is 0 Å². The number of fused-ring (bicyclic) bond motifs is 1. The number of nitrogens with one attached hydrogen (secondary N) is 1. The molecule has 2 aromatic rings. The normalized spacial score (nSPS) is 16.0. The summed E-state index contributed by atoms with van der Waals surface area (Å²) < 4.78 is 11.1. The fourth-order valence-electron chi connectivity index (χ4n) is 3.24. The van der Waals surface area contributed by atoms with Crippen LogP contribution < -0.4 is 14.8 Å². The number of hydrogen-bond donors (Lipinski definition) is 1. The summed E-state index contributed by atoms with van der Waals surface area (Å²) in [4.78, 5) is 26.8. The van der Waals surface area contributed by atoms with Crippen LogP contribution in [0.15, 0.2) is 29.6 Å². The van der Waals surface area contributed by atoms with Crippen LogP contribution in [0.25, 0.3) is 0 Å². The zero-order valence-electron chi connectivity index (χ0n) is 14.3. The minimum Gasteiger partial charge on any atom is -0.485 e. The fraction of sp³-hybridized carbons (Fsp3) is 0.368. The predicted molar refractivity (Wildman–Crippen MR) is 97.6 cm³/mol. The van der Waals surface area contributed by atoms with E-state index in [4.69, 9.17) is 9.47 Å². The minimum absolute atomic E-state index is 0.172. The summed E-state index contributed by atoms with van der Waals surface area (Å²) in [6, 6.07) is 7.90. The standard InChI is InChI=1S/C19H20N2O4S/c22-16-6-3-7-21(16)11-14-5-2-1-4-13(14)10-20-19(23)18-17-15(12-26-18)24-8-9-25-17/h1-2,4-5,12H,3,6-11H2,(H,20,23). The summed E-state index contributed by atoms with van der Waals surface area (Å²) in [7, 11) is 0. The first-order chi connectivity index (χ1) is 12.7. The van der Waals surface area contributed by atoms with Gasteiger partial charge in [0.15, 0.2) is 11.5 Å². The van der Waals surface area contributed by atoms with Crippen molar-refractivity contribution in [1.29, 1.82) is 0 Å². The number of hydrogen-bond acceptors (Lipinski definition) is 5. The van der Waals surface area contributed by atoms with Crippen LogP contribution in [0.4, 0.5) is 0 Å². The van der Waals surface area contributed by atoms with Crippen LogP contribution in [-0.2, 0) is 17.9 Å².